The molecule has 1 N–H and O–H groups in total. The van der Waals surface area contributed by atoms with Gasteiger partial charge in [-0.1, -0.05) is 0 Å². The third kappa shape index (κ3) is 4.88. The summed E-state index contributed by atoms with van der Waals surface area (Å²) in [6.45, 7) is 2.23. The van der Waals surface area contributed by atoms with E-state index in [-0.39, 0.29) is 21.4 Å². The summed E-state index contributed by atoms with van der Waals surface area (Å²) >= 11 is 1.14. The Hall–Kier alpha value is -2.92. The van der Waals surface area contributed by atoms with Crippen molar-refractivity contribution in [1.82, 2.24) is 4.90 Å². The molecule has 0 bridgehead atoms. The summed E-state index contributed by atoms with van der Waals surface area (Å²) in [7, 11) is -1.20. The molecule has 2 aromatic rings. The minimum Gasteiger partial charge on any atom is -0.497 e. The van der Waals surface area contributed by atoms with E-state index in [1.165, 1.54) is 45.4 Å². The first-order valence-corrected chi connectivity index (χ1v) is 11.8. The van der Waals surface area contributed by atoms with Gasteiger partial charge in [-0.25, -0.2) is 13.2 Å². The Morgan fingerprint density at radius 2 is 1.84 bits per heavy atom. The van der Waals surface area contributed by atoms with Crippen molar-refractivity contribution < 1.29 is 32.3 Å². The van der Waals surface area contributed by atoms with Crippen LogP contribution in [-0.4, -0.2) is 57.6 Å². The number of carbonyl (C=O) groups is 3. The molecule has 0 unspecified atom stereocenters. The maximum atomic E-state index is 12.6. The Morgan fingerprint density at radius 3 is 2.42 bits per heavy atom. The smallest absolute Gasteiger partial charge is 0.341 e. The van der Waals surface area contributed by atoms with Crippen LogP contribution in [0.5, 0.6) is 5.75 Å². The van der Waals surface area contributed by atoms with E-state index < -0.39 is 27.5 Å². The van der Waals surface area contributed by atoms with Crippen LogP contribution in [0.25, 0.3) is 0 Å². The Bertz CT molecular complexity index is 1120. The minimum atomic E-state index is -3.90. The highest BCUT2D eigenvalue weighted by Crippen LogP contribution is 2.37. The van der Waals surface area contributed by atoms with Crippen molar-refractivity contribution >= 4 is 44.0 Å². The number of ether oxygens (including phenoxy) is 2. The van der Waals surface area contributed by atoms with Gasteiger partial charge in [0.15, 0.2) is 9.84 Å². The molecule has 0 saturated heterocycles. The second-order valence-electron chi connectivity index (χ2n) is 6.87. The van der Waals surface area contributed by atoms with Crippen molar-refractivity contribution in [1.29, 1.82) is 0 Å². The molecule has 0 saturated carbocycles. The van der Waals surface area contributed by atoms with Crippen molar-refractivity contribution in [3.8, 4) is 5.75 Å². The number of benzene rings is 1. The second-order valence-corrected chi connectivity index (χ2v) is 9.97. The normalized spacial score (nSPS) is 13.3. The van der Waals surface area contributed by atoms with Gasteiger partial charge in [-0.15, -0.1) is 11.3 Å². The number of esters is 1. The fraction of sp³-hybridized carbons (Fsp3) is 0.350. The standard InChI is InChI=1S/C20H22N2O7S2/c1-12(23)22-9-8-15-16(10-22)30-19(18(15)20(25)29-3)21-17(24)11-31(26,27)14-6-4-13(28-2)5-7-14/h4-7H,8-11H2,1-3H3,(H,21,24). The summed E-state index contributed by atoms with van der Waals surface area (Å²) in [6.07, 6.45) is 0.440. The van der Waals surface area contributed by atoms with Crippen LogP contribution < -0.4 is 10.1 Å². The van der Waals surface area contributed by atoms with Gasteiger partial charge < -0.3 is 19.7 Å². The van der Waals surface area contributed by atoms with Crippen LogP contribution in [0.15, 0.2) is 29.2 Å². The zero-order valence-electron chi connectivity index (χ0n) is 17.3. The average Bonchev–Trinajstić information content (AvgIpc) is 3.09. The highest BCUT2D eigenvalue weighted by atomic mass is 32.2. The maximum absolute atomic E-state index is 12.6. The zero-order chi connectivity index (χ0) is 22.8. The van der Waals surface area contributed by atoms with E-state index in [2.05, 4.69) is 5.32 Å². The van der Waals surface area contributed by atoms with Gasteiger partial charge >= 0.3 is 5.97 Å². The monoisotopic (exact) mass is 466 g/mol. The Labute approximate surface area is 183 Å². The number of nitrogens with one attached hydrogen (secondary N) is 1. The van der Waals surface area contributed by atoms with E-state index in [1.54, 1.807) is 4.90 Å². The quantitative estimate of drug-likeness (QED) is 0.646. The molecule has 31 heavy (non-hydrogen) atoms. The molecule has 2 heterocycles. The predicted octanol–water partition coefficient (Wildman–Crippen LogP) is 1.86. The number of fused-ring (bicyclic) bond motifs is 1. The Balaban J connectivity index is 1.83. The number of hydrogen-bond donors (Lipinski definition) is 1. The van der Waals surface area contributed by atoms with Crippen molar-refractivity contribution in [2.45, 2.75) is 24.8 Å². The topological polar surface area (TPSA) is 119 Å². The van der Waals surface area contributed by atoms with Crippen LogP contribution in [0.1, 0.15) is 27.7 Å². The van der Waals surface area contributed by atoms with Crippen LogP contribution in [0.3, 0.4) is 0 Å². The van der Waals surface area contributed by atoms with Gasteiger partial charge in [0.2, 0.25) is 11.8 Å². The molecule has 1 aliphatic heterocycles. The second kappa shape index (κ2) is 9.06. The maximum Gasteiger partial charge on any atom is 0.341 e. The third-order valence-electron chi connectivity index (χ3n) is 4.88. The van der Waals surface area contributed by atoms with E-state index in [0.29, 0.717) is 30.8 Å². The average molecular weight is 467 g/mol. The van der Waals surface area contributed by atoms with Crippen molar-refractivity contribution in [3.05, 3.63) is 40.3 Å². The van der Waals surface area contributed by atoms with Gasteiger partial charge in [0.05, 0.1) is 31.2 Å². The van der Waals surface area contributed by atoms with Crippen LogP contribution >= 0.6 is 11.3 Å². The lowest BCUT2D eigenvalue weighted by atomic mass is 10.0. The lowest BCUT2D eigenvalue weighted by molar-refractivity contribution is -0.129. The first-order valence-electron chi connectivity index (χ1n) is 9.31. The molecule has 1 aromatic heterocycles. The largest absolute Gasteiger partial charge is 0.497 e. The van der Waals surface area contributed by atoms with Crippen LogP contribution in [-0.2, 0) is 37.1 Å². The highest BCUT2D eigenvalue weighted by Gasteiger charge is 2.30. The van der Waals surface area contributed by atoms with Gasteiger partial charge in [0.25, 0.3) is 0 Å². The number of sulfone groups is 1. The molecule has 0 radical (unpaired) electrons. The number of rotatable bonds is 6. The summed E-state index contributed by atoms with van der Waals surface area (Å²) in [6, 6.07) is 5.71. The van der Waals surface area contributed by atoms with E-state index >= 15 is 0 Å². The number of nitrogens with zero attached hydrogens (tertiary/aromatic N) is 1. The summed E-state index contributed by atoms with van der Waals surface area (Å²) in [5.74, 6) is -1.78. The molecule has 0 spiro atoms. The molecule has 1 aliphatic rings. The number of carbonyl (C=O) groups excluding carboxylic acids is 3. The fourth-order valence-electron chi connectivity index (χ4n) is 3.28. The number of anilines is 1. The van der Waals surface area contributed by atoms with Gasteiger partial charge in [-0.2, -0.15) is 0 Å². The van der Waals surface area contributed by atoms with Gasteiger partial charge in [-0.05, 0) is 36.2 Å². The number of thiophene rings is 1. The molecule has 11 heteroatoms. The number of methoxy groups -OCH3 is 2. The summed E-state index contributed by atoms with van der Waals surface area (Å²) in [5.41, 5.74) is 0.920. The van der Waals surface area contributed by atoms with E-state index in [9.17, 15) is 22.8 Å². The van der Waals surface area contributed by atoms with Crippen LogP contribution in [0.2, 0.25) is 0 Å². The van der Waals surface area contributed by atoms with Crippen LogP contribution in [0.4, 0.5) is 5.00 Å². The molecule has 166 valence electrons. The first kappa shape index (κ1) is 22.8. The molecule has 0 fully saturated rings. The molecule has 3 rings (SSSR count). The first-order chi connectivity index (χ1) is 14.7. The van der Waals surface area contributed by atoms with Gasteiger partial charge in [-0.3, -0.25) is 9.59 Å². The molecular formula is C20H22N2O7S2. The lowest BCUT2D eigenvalue weighted by Gasteiger charge is -2.25. The van der Waals surface area contributed by atoms with Gasteiger partial charge in [0, 0.05) is 18.3 Å². The van der Waals surface area contributed by atoms with E-state index in [0.717, 1.165) is 16.2 Å². The van der Waals surface area contributed by atoms with Crippen molar-refractivity contribution in [2.24, 2.45) is 0 Å². The SMILES string of the molecule is COC(=O)c1c(NC(=O)CS(=O)(=O)c2ccc(OC)cc2)sc2c1CCN(C(C)=O)C2. The van der Waals surface area contributed by atoms with E-state index in [1.807, 2.05) is 0 Å². The minimum absolute atomic E-state index is 0.0146. The number of hydrogen-bond acceptors (Lipinski definition) is 8. The summed E-state index contributed by atoms with van der Waals surface area (Å²) in [4.78, 5) is 39.0. The van der Waals surface area contributed by atoms with Gasteiger partial charge in [0.1, 0.15) is 16.5 Å². The molecule has 0 atom stereocenters. The zero-order valence-corrected chi connectivity index (χ0v) is 18.9. The van der Waals surface area contributed by atoms with Crippen LogP contribution in [0, 0.1) is 0 Å². The Morgan fingerprint density at radius 1 is 1.16 bits per heavy atom. The third-order valence-corrected chi connectivity index (χ3v) is 7.65. The lowest BCUT2D eigenvalue weighted by Crippen LogP contribution is -2.33. The predicted molar refractivity (Wildman–Crippen MR) is 114 cm³/mol. The molecule has 1 aromatic carbocycles. The Kier molecular flexibility index (Phi) is 6.65. The fourth-order valence-corrected chi connectivity index (χ4v) is 5.68. The molecule has 9 nitrogen and oxygen atoms in total. The highest BCUT2D eigenvalue weighted by molar-refractivity contribution is 7.92. The van der Waals surface area contributed by atoms with E-state index in [4.69, 9.17) is 9.47 Å². The molecule has 0 aliphatic carbocycles. The summed E-state index contributed by atoms with van der Waals surface area (Å²) in [5, 5.41) is 2.77. The number of amides is 2. The molecular weight excluding hydrogens is 444 g/mol. The van der Waals surface area contributed by atoms with Crippen molar-refractivity contribution in [3.63, 3.8) is 0 Å². The molecule has 2 amide bonds. The summed E-state index contributed by atoms with van der Waals surface area (Å²) < 4.78 is 35.0. The van der Waals surface area contributed by atoms with Crippen molar-refractivity contribution in [2.75, 3.05) is 31.8 Å².